The van der Waals surface area contributed by atoms with Gasteiger partial charge in [-0.05, 0) is 81.0 Å². The smallest absolute Gasteiger partial charge is 0.0757 e. The molecule has 0 aromatic rings. The lowest BCUT2D eigenvalue weighted by Crippen LogP contribution is -2.62. The van der Waals surface area contributed by atoms with Gasteiger partial charge in [0.25, 0.3) is 0 Å². The Balaban J connectivity index is 1.68. The maximum Gasteiger partial charge on any atom is 0.0757 e. The van der Waals surface area contributed by atoms with Gasteiger partial charge in [0, 0.05) is 5.41 Å². The molecule has 4 aliphatic rings. The molecule has 0 amide bonds. The minimum absolute atomic E-state index is 0.111. The fourth-order valence-corrected chi connectivity index (χ4v) is 7.17. The van der Waals surface area contributed by atoms with E-state index in [-0.39, 0.29) is 23.0 Å². The van der Waals surface area contributed by atoms with Crippen LogP contribution in [0.4, 0.5) is 0 Å². The van der Waals surface area contributed by atoms with E-state index >= 15 is 0 Å². The van der Waals surface area contributed by atoms with Crippen molar-refractivity contribution >= 4 is 0 Å². The Hall–Kier alpha value is -0.120. The molecule has 3 heteroatoms. The molecule has 0 saturated heterocycles. The zero-order valence-electron chi connectivity index (χ0n) is 14.1. The van der Waals surface area contributed by atoms with Gasteiger partial charge < -0.3 is 15.3 Å². The largest absolute Gasteiger partial charge is 0.393 e. The molecule has 0 bridgehead atoms. The third kappa shape index (κ3) is 1.74. The van der Waals surface area contributed by atoms with Crippen molar-refractivity contribution in [1.82, 2.24) is 0 Å². The summed E-state index contributed by atoms with van der Waals surface area (Å²) in [4.78, 5) is 0. The predicted molar refractivity (Wildman–Crippen MR) is 85.2 cm³/mol. The van der Waals surface area contributed by atoms with E-state index in [0.29, 0.717) is 17.8 Å². The van der Waals surface area contributed by atoms with Crippen molar-refractivity contribution in [2.75, 3.05) is 0 Å². The van der Waals surface area contributed by atoms with E-state index in [4.69, 9.17) is 0 Å². The zero-order chi connectivity index (χ0) is 15.8. The summed E-state index contributed by atoms with van der Waals surface area (Å²) in [6.07, 6.45) is 8.39. The number of rotatable bonds is 0. The fourth-order valence-electron chi connectivity index (χ4n) is 7.17. The van der Waals surface area contributed by atoms with Gasteiger partial charge in [-0.2, -0.15) is 0 Å². The number of aliphatic hydroxyl groups excluding tert-OH is 2. The van der Waals surface area contributed by atoms with Crippen LogP contribution in [0.5, 0.6) is 0 Å². The van der Waals surface area contributed by atoms with Crippen molar-refractivity contribution in [3.05, 3.63) is 0 Å². The average molecular weight is 308 g/mol. The van der Waals surface area contributed by atoms with Crippen molar-refractivity contribution in [3.8, 4) is 0 Å². The summed E-state index contributed by atoms with van der Waals surface area (Å²) < 4.78 is 0. The zero-order valence-corrected chi connectivity index (χ0v) is 14.1. The molecule has 4 rings (SSSR count). The molecular formula is C19H32O3. The fraction of sp³-hybridized carbons (Fsp3) is 1.00. The maximum absolute atomic E-state index is 11.6. The Morgan fingerprint density at radius 2 is 1.59 bits per heavy atom. The molecule has 4 aliphatic carbocycles. The van der Waals surface area contributed by atoms with Crippen LogP contribution in [0.25, 0.3) is 0 Å². The van der Waals surface area contributed by atoms with Gasteiger partial charge in [-0.15, -0.1) is 0 Å². The summed E-state index contributed by atoms with van der Waals surface area (Å²) >= 11 is 0. The number of hydrogen-bond donors (Lipinski definition) is 3. The van der Waals surface area contributed by atoms with Crippen LogP contribution in [0.1, 0.15) is 71.6 Å². The summed E-state index contributed by atoms with van der Waals surface area (Å²) in [5.74, 6) is 1.54. The third-order valence-electron chi connectivity index (χ3n) is 8.78. The Bertz CT molecular complexity index is 466. The molecule has 4 fully saturated rings. The summed E-state index contributed by atoms with van der Waals surface area (Å²) in [5, 5.41) is 32.1. The first-order valence-corrected chi connectivity index (χ1v) is 9.40. The van der Waals surface area contributed by atoms with Gasteiger partial charge >= 0.3 is 0 Å². The Morgan fingerprint density at radius 3 is 2.36 bits per heavy atom. The van der Waals surface area contributed by atoms with Gasteiger partial charge in [-0.25, -0.2) is 0 Å². The molecule has 126 valence electrons. The molecule has 22 heavy (non-hydrogen) atoms. The highest BCUT2D eigenvalue weighted by atomic mass is 16.3. The lowest BCUT2D eigenvalue weighted by molar-refractivity contribution is -0.216. The van der Waals surface area contributed by atoms with Crippen LogP contribution in [-0.2, 0) is 0 Å². The first-order chi connectivity index (χ1) is 10.3. The molecule has 3 N–H and O–H groups in total. The van der Waals surface area contributed by atoms with E-state index < -0.39 is 5.60 Å². The van der Waals surface area contributed by atoms with Crippen molar-refractivity contribution in [2.45, 2.75) is 89.4 Å². The highest BCUT2D eigenvalue weighted by molar-refractivity contribution is 5.17. The first kappa shape index (κ1) is 15.4. The van der Waals surface area contributed by atoms with Gasteiger partial charge in [-0.1, -0.05) is 13.8 Å². The predicted octanol–water partition coefficient (Wildman–Crippen LogP) is 2.87. The van der Waals surface area contributed by atoms with Crippen LogP contribution in [-0.4, -0.2) is 33.1 Å². The van der Waals surface area contributed by atoms with Gasteiger partial charge in [0.15, 0.2) is 0 Å². The van der Waals surface area contributed by atoms with Crippen LogP contribution in [0.15, 0.2) is 0 Å². The van der Waals surface area contributed by atoms with Crippen LogP contribution >= 0.6 is 0 Å². The highest BCUT2D eigenvalue weighted by Crippen LogP contribution is 2.67. The molecule has 3 unspecified atom stereocenters. The molecule has 3 nitrogen and oxygen atoms in total. The average Bonchev–Trinajstić information content (AvgIpc) is 2.72. The summed E-state index contributed by atoms with van der Waals surface area (Å²) in [7, 11) is 0. The van der Waals surface area contributed by atoms with E-state index in [0.717, 1.165) is 57.8 Å². The lowest BCUT2D eigenvalue weighted by atomic mass is 9.44. The standard InChI is InChI=1S/C19H32O3/c1-17-8-5-13(20)11-12(17)3-4-15-14(17)6-9-18(2)16(21)7-10-19(15,18)22/h12-16,20-22H,3-11H2,1-2H3/t12?,13?,14-,15+,16?,17-,18+,19+/m0/s1. The molecule has 0 radical (unpaired) electrons. The molecular weight excluding hydrogens is 276 g/mol. The van der Waals surface area contributed by atoms with E-state index in [2.05, 4.69) is 13.8 Å². The van der Waals surface area contributed by atoms with Crippen LogP contribution in [0.3, 0.4) is 0 Å². The Kier molecular flexibility index (Phi) is 3.30. The molecule has 0 aliphatic heterocycles. The molecule has 0 aromatic heterocycles. The van der Waals surface area contributed by atoms with Gasteiger partial charge in [0.05, 0.1) is 17.8 Å². The van der Waals surface area contributed by atoms with Crippen LogP contribution in [0.2, 0.25) is 0 Å². The molecule has 8 atom stereocenters. The van der Waals surface area contributed by atoms with Crippen molar-refractivity contribution in [3.63, 3.8) is 0 Å². The summed E-state index contributed by atoms with van der Waals surface area (Å²) in [6, 6.07) is 0. The second kappa shape index (κ2) is 4.70. The number of aliphatic hydroxyl groups is 3. The van der Waals surface area contributed by atoms with Gasteiger partial charge in [0.1, 0.15) is 0 Å². The van der Waals surface area contributed by atoms with Crippen molar-refractivity contribution in [2.24, 2.45) is 28.6 Å². The van der Waals surface area contributed by atoms with E-state index in [1.54, 1.807) is 0 Å². The normalized spacial score (nSPS) is 61.2. The Morgan fingerprint density at radius 1 is 0.818 bits per heavy atom. The lowest BCUT2D eigenvalue weighted by Gasteiger charge is -2.63. The topological polar surface area (TPSA) is 60.7 Å². The van der Waals surface area contributed by atoms with Crippen molar-refractivity contribution in [1.29, 1.82) is 0 Å². The monoisotopic (exact) mass is 308 g/mol. The van der Waals surface area contributed by atoms with E-state index in [9.17, 15) is 15.3 Å². The minimum Gasteiger partial charge on any atom is -0.393 e. The summed E-state index contributed by atoms with van der Waals surface area (Å²) in [5.41, 5.74) is -0.683. The molecule has 0 aromatic carbocycles. The number of hydrogen-bond acceptors (Lipinski definition) is 3. The number of fused-ring (bicyclic) bond motifs is 5. The van der Waals surface area contributed by atoms with E-state index in [1.165, 1.54) is 0 Å². The van der Waals surface area contributed by atoms with Crippen molar-refractivity contribution < 1.29 is 15.3 Å². The van der Waals surface area contributed by atoms with Gasteiger partial charge in [0.2, 0.25) is 0 Å². The van der Waals surface area contributed by atoms with Gasteiger partial charge in [-0.3, -0.25) is 0 Å². The minimum atomic E-state index is -0.667. The maximum atomic E-state index is 11.6. The summed E-state index contributed by atoms with van der Waals surface area (Å²) in [6.45, 7) is 4.55. The molecule has 0 spiro atoms. The van der Waals surface area contributed by atoms with E-state index in [1.807, 2.05) is 0 Å². The SMILES string of the molecule is C[C@]12CCC(O)CC1CC[C@@H]1[C@@H]2CC[C@]2(C)C(O)CC[C@@]12O. The molecule has 0 heterocycles. The van der Waals surface area contributed by atoms with Crippen LogP contribution < -0.4 is 0 Å². The third-order valence-corrected chi connectivity index (χ3v) is 8.78. The quantitative estimate of drug-likeness (QED) is 0.645. The Labute approximate surface area is 134 Å². The second-order valence-corrected chi connectivity index (χ2v) is 9.36. The van der Waals surface area contributed by atoms with Crippen LogP contribution in [0, 0.1) is 28.6 Å². The molecule has 4 saturated carbocycles. The second-order valence-electron chi connectivity index (χ2n) is 9.36. The first-order valence-electron chi connectivity index (χ1n) is 9.40. The highest BCUT2D eigenvalue weighted by Gasteiger charge is 2.67.